The second-order valence-corrected chi connectivity index (χ2v) is 10.9. The van der Waals surface area contributed by atoms with Gasteiger partial charge in [0.2, 0.25) is 0 Å². The topological polar surface area (TPSA) is 79.9 Å². The first kappa shape index (κ1) is 27.2. The van der Waals surface area contributed by atoms with Crippen LogP contribution in [0.25, 0.3) is 5.69 Å². The van der Waals surface area contributed by atoms with Crippen molar-refractivity contribution >= 4 is 45.2 Å². The van der Waals surface area contributed by atoms with E-state index in [1.54, 1.807) is 6.07 Å². The molecule has 0 atom stereocenters. The number of hydrogen-bond donors (Lipinski definition) is 1. The molecule has 0 amide bonds. The van der Waals surface area contributed by atoms with Crippen LogP contribution < -0.4 is 5.32 Å². The molecule has 1 aromatic carbocycles. The van der Waals surface area contributed by atoms with Gasteiger partial charge in [-0.25, -0.2) is 4.68 Å². The maximum atomic E-state index is 13.3. The Morgan fingerprint density at radius 2 is 1.77 bits per heavy atom. The number of anilines is 1. The first-order chi connectivity index (χ1) is 15.7. The second-order valence-electron chi connectivity index (χ2n) is 7.67. The Hall–Kier alpha value is -2.44. The van der Waals surface area contributed by atoms with E-state index in [2.05, 4.69) is 10.4 Å². The van der Waals surface area contributed by atoms with E-state index >= 15 is 0 Å². The number of esters is 1. The van der Waals surface area contributed by atoms with Crippen molar-refractivity contribution in [2.45, 2.75) is 35.7 Å². The summed E-state index contributed by atoms with van der Waals surface area (Å²) in [6, 6.07) is 1.45. The molecule has 17 heteroatoms. The lowest BCUT2D eigenvalue weighted by Gasteiger charge is -2.40. The normalized spacial score (nSPS) is 17.2. The van der Waals surface area contributed by atoms with Gasteiger partial charge in [-0.05, 0) is 25.0 Å². The van der Waals surface area contributed by atoms with E-state index in [0.29, 0.717) is 4.68 Å². The highest BCUT2D eigenvalue weighted by Gasteiger charge is 2.66. The van der Waals surface area contributed by atoms with Crippen molar-refractivity contribution in [3.63, 3.8) is 0 Å². The van der Waals surface area contributed by atoms with Crippen LogP contribution in [0.5, 0.6) is 0 Å². The summed E-state index contributed by atoms with van der Waals surface area (Å²) in [6.45, 7) is -0.802. The third-order valence-corrected chi connectivity index (χ3v) is 6.85. The minimum Gasteiger partial charge on any atom is -0.468 e. The zero-order valence-corrected chi connectivity index (χ0v) is 19.7. The molecule has 0 radical (unpaired) electrons. The summed E-state index contributed by atoms with van der Waals surface area (Å²) in [5.74, 6) is -1.24. The number of aromatic nitrogens is 2. The summed E-state index contributed by atoms with van der Waals surface area (Å²) in [5.41, 5.74) is -2.76. The van der Waals surface area contributed by atoms with Crippen molar-refractivity contribution < 1.29 is 42.1 Å². The van der Waals surface area contributed by atoms with Crippen molar-refractivity contribution in [1.29, 1.82) is 5.26 Å². The van der Waals surface area contributed by atoms with Gasteiger partial charge >= 0.3 is 22.4 Å². The van der Waals surface area contributed by atoms with E-state index in [9.17, 15) is 42.7 Å². The van der Waals surface area contributed by atoms with Crippen LogP contribution in [-0.2, 0) is 14.9 Å². The van der Waals surface area contributed by atoms with Crippen LogP contribution in [0.3, 0.4) is 0 Å². The summed E-state index contributed by atoms with van der Waals surface area (Å²) < 4.78 is 110. The lowest BCUT2D eigenvalue weighted by Crippen LogP contribution is -2.25. The second kappa shape index (κ2) is 7.78. The minimum atomic E-state index is -10.2. The minimum absolute atomic E-state index is 0.107. The molecule has 194 valence electrons. The number of alkyl halides is 3. The van der Waals surface area contributed by atoms with Gasteiger partial charge in [-0.3, -0.25) is 4.79 Å². The Morgan fingerprint density at radius 1 is 1.23 bits per heavy atom. The SMILES string of the molecule is COC(=O)C1(c2c(C#N)nn(-c3c(Cl)cc(S(F)(F)(F)(F)F)cc3Cl)c2NCCC(F)(F)F)CC1. The molecule has 35 heavy (non-hydrogen) atoms. The maximum Gasteiger partial charge on any atom is 0.390 e. The number of nitrogens with zero attached hydrogens (tertiary/aromatic N) is 3. The molecule has 0 unspecified atom stereocenters. The highest BCUT2D eigenvalue weighted by Crippen LogP contribution is 3.02. The summed E-state index contributed by atoms with van der Waals surface area (Å²) >= 11 is 11.7. The fraction of sp³-hybridized carbons (Fsp3) is 0.389. The number of carbonyl (C=O) groups excluding carboxylic acids is 1. The number of benzene rings is 1. The number of nitriles is 1. The standard InChI is InChI=1S/C18H14Cl2F8N4O2S/c1-34-16(33)17(2-3-17)13-12(8-29)31-32(15(13)30-5-4-18(21,22)23)14-10(19)6-9(7-11(14)20)35(24,25,26,27)28/h6-7,30H,2-5H2,1H3. The molecule has 1 saturated carbocycles. The molecular weight excluding hydrogens is 559 g/mol. The quantitative estimate of drug-likeness (QED) is 0.278. The average molecular weight is 573 g/mol. The van der Waals surface area contributed by atoms with E-state index in [4.69, 9.17) is 27.9 Å². The molecule has 0 aliphatic heterocycles. The van der Waals surface area contributed by atoms with Gasteiger partial charge in [0.1, 0.15) is 22.5 Å². The average Bonchev–Trinajstić information content (AvgIpc) is 3.41. The van der Waals surface area contributed by atoms with Crippen LogP contribution in [0.4, 0.5) is 38.4 Å². The highest BCUT2D eigenvalue weighted by molar-refractivity contribution is 8.45. The van der Waals surface area contributed by atoms with Crippen LogP contribution in [0.2, 0.25) is 10.0 Å². The van der Waals surface area contributed by atoms with Gasteiger partial charge < -0.3 is 10.1 Å². The first-order valence-electron chi connectivity index (χ1n) is 9.40. The summed E-state index contributed by atoms with van der Waals surface area (Å²) in [6.07, 6.45) is -5.75. The van der Waals surface area contributed by atoms with E-state index in [-0.39, 0.29) is 30.5 Å². The molecule has 2 aromatic rings. The molecule has 1 aliphatic carbocycles. The van der Waals surface area contributed by atoms with Crippen LogP contribution in [-0.4, -0.2) is 35.6 Å². The van der Waals surface area contributed by atoms with Gasteiger partial charge in [0.15, 0.2) is 5.69 Å². The van der Waals surface area contributed by atoms with Gasteiger partial charge in [-0.2, -0.15) is 23.5 Å². The number of ether oxygens (including phenoxy) is 1. The van der Waals surface area contributed by atoms with Crippen LogP contribution >= 0.6 is 33.4 Å². The molecule has 1 fully saturated rings. The van der Waals surface area contributed by atoms with Crippen LogP contribution in [0, 0.1) is 11.3 Å². The van der Waals surface area contributed by atoms with Crippen molar-refractivity contribution in [2.24, 2.45) is 0 Å². The number of methoxy groups -OCH3 is 1. The number of halogens is 10. The smallest absolute Gasteiger partial charge is 0.390 e. The molecule has 1 aromatic heterocycles. The molecule has 3 rings (SSSR count). The van der Waals surface area contributed by atoms with E-state index in [1.807, 2.05) is 0 Å². The Balaban J connectivity index is 2.27. The molecule has 6 nitrogen and oxygen atoms in total. The van der Waals surface area contributed by atoms with Crippen molar-refractivity contribution in [3.8, 4) is 11.8 Å². The number of rotatable bonds is 7. The lowest BCUT2D eigenvalue weighted by atomic mass is 9.95. The fourth-order valence-electron chi connectivity index (χ4n) is 3.44. The Bertz CT molecular complexity index is 1230. The van der Waals surface area contributed by atoms with Crippen LogP contribution in [0.1, 0.15) is 30.5 Å². The van der Waals surface area contributed by atoms with Crippen molar-refractivity contribution in [3.05, 3.63) is 33.4 Å². The van der Waals surface area contributed by atoms with Crippen LogP contribution in [0.15, 0.2) is 17.0 Å². The zero-order chi connectivity index (χ0) is 26.7. The number of nitrogens with one attached hydrogen (secondary N) is 1. The predicted octanol–water partition coefficient (Wildman–Crippen LogP) is 7.28. The summed E-state index contributed by atoms with van der Waals surface area (Å²) in [4.78, 5) is 10.0. The third-order valence-electron chi connectivity index (χ3n) is 5.14. The molecule has 0 saturated heterocycles. The van der Waals surface area contributed by atoms with E-state index in [0.717, 1.165) is 7.11 Å². The van der Waals surface area contributed by atoms with Gasteiger partial charge in [0, 0.05) is 6.54 Å². The largest absolute Gasteiger partial charge is 0.468 e. The Kier molecular flexibility index (Phi) is 6.03. The highest BCUT2D eigenvalue weighted by atomic mass is 35.5. The molecule has 0 spiro atoms. The number of carbonyl (C=O) groups is 1. The molecule has 1 aliphatic rings. The van der Waals surface area contributed by atoms with E-state index in [1.165, 1.54) is 0 Å². The lowest BCUT2D eigenvalue weighted by molar-refractivity contribution is -0.143. The summed E-state index contributed by atoms with van der Waals surface area (Å²) in [7, 11) is -9.16. The fourth-order valence-corrected chi connectivity index (χ4v) is 4.90. The molecular formula is C18H14Cl2F8N4O2S. The zero-order valence-electron chi connectivity index (χ0n) is 17.3. The Morgan fingerprint density at radius 3 is 2.17 bits per heavy atom. The van der Waals surface area contributed by atoms with E-state index < -0.39 is 72.9 Å². The molecule has 0 bridgehead atoms. The monoisotopic (exact) mass is 572 g/mol. The molecule has 1 N–H and O–H groups in total. The number of hydrogen-bond acceptors (Lipinski definition) is 5. The maximum absolute atomic E-state index is 13.3. The van der Waals surface area contributed by atoms with Crippen molar-refractivity contribution in [1.82, 2.24) is 9.78 Å². The van der Waals surface area contributed by atoms with Crippen molar-refractivity contribution in [2.75, 3.05) is 19.0 Å². The van der Waals surface area contributed by atoms with Gasteiger partial charge in [0.05, 0.1) is 34.6 Å². The van der Waals surface area contributed by atoms with Gasteiger partial charge in [-0.15, -0.1) is 0 Å². The summed E-state index contributed by atoms with van der Waals surface area (Å²) in [5, 5.41) is 13.8. The first-order valence-corrected chi connectivity index (χ1v) is 12.1. The predicted molar refractivity (Wildman–Crippen MR) is 112 cm³/mol. The Labute approximate surface area is 202 Å². The molecule has 1 heterocycles. The van der Waals surface area contributed by atoms with Gasteiger partial charge in [0.25, 0.3) is 0 Å². The third kappa shape index (κ3) is 5.39. The van der Waals surface area contributed by atoms with Gasteiger partial charge in [-0.1, -0.05) is 42.6 Å².